The Morgan fingerprint density at radius 1 is 1.33 bits per heavy atom. The van der Waals surface area contributed by atoms with Gasteiger partial charge in [0.2, 0.25) is 0 Å². The Kier molecular flexibility index (Phi) is 2.79. The van der Waals surface area contributed by atoms with Crippen molar-refractivity contribution in [2.45, 2.75) is 26.7 Å². The highest BCUT2D eigenvalue weighted by molar-refractivity contribution is 5.11. The van der Waals surface area contributed by atoms with E-state index in [4.69, 9.17) is 0 Å². The van der Waals surface area contributed by atoms with Gasteiger partial charge in [-0.15, -0.1) is 0 Å². The summed E-state index contributed by atoms with van der Waals surface area (Å²) in [4.78, 5) is 4.02. The zero-order chi connectivity index (χ0) is 9.14. The molecule has 1 heterocycles. The van der Waals surface area contributed by atoms with E-state index in [0.717, 1.165) is 0 Å². The number of rotatable bonds is 2. The first-order valence-electron chi connectivity index (χ1n) is 4.23. The van der Waals surface area contributed by atoms with Gasteiger partial charge in [-0.3, -0.25) is 4.98 Å². The Hall–Kier alpha value is -0.920. The van der Waals surface area contributed by atoms with Crippen molar-refractivity contribution < 1.29 is 4.39 Å². The van der Waals surface area contributed by atoms with Crippen molar-refractivity contribution in [1.82, 2.24) is 4.98 Å². The van der Waals surface area contributed by atoms with Crippen LogP contribution in [-0.2, 0) is 0 Å². The quantitative estimate of drug-likeness (QED) is 0.659. The number of hydrogen-bond donors (Lipinski definition) is 0. The van der Waals surface area contributed by atoms with Crippen LogP contribution in [0.2, 0.25) is 0 Å². The van der Waals surface area contributed by atoms with E-state index in [-0.39, 0.29) is 11.7 Å². The van der Waals surface area contributed by atoms with Gasteiger partial charge in [0.15, 0.2) is 0 Å². The van der Waals surface area contributed by atoms with Gasteiger partial charge < -0.3 is 0 Å². The molecule has 0 aromatic carbocycles. The summed E-state index contributed by atoms with van der Waals surface area (Å²) in [5.41, 5.74) is 0.576. The van der Waals surface area contributed by atoms with Gasteiger partial charge in [-0.05, 0) is 18.1 Å². The zero-order valence-corrected chi connectivity index (χ0v) is 7.71. The average Bonchev–Trinajstić information content (AvgIpc) is 2.04. The van der Waals surface area contributed by atoms with Crippen molar-refractivity contribution in [1.29, 1.82) is 0 Å². The lowest BCUT2D eigenvalue weighted by Crippen LogP contribution is -2.06. The minimum Gasteiger partial charge on any atom is -0.258 e. The number of hydrogen-bond acceptors (Lipinski definition) is 1. The molecule has 0 saturated carbocycles. The van der Waals surface area contributed by atoms with Crippen LogP contribution < -0.4 is 0 Å². The largest absolute Gasteiger partial charge is 0.258 e. The molecule has 2 heteroatoms. The third-order valence-corrected chi connectivity index (χ3v) is 2.22. The fourth-order valence-electron chi connectivity index (χ4n) is 1.05. The molecule has 0 bridgehead atoms. The smallest absolute Gasteiger partial charge is 0.144 e. The molecule has 0 unspecified atom stereocenters. The molecule has 12 heavy (non-hydrogen) atoms. The lowest BCUT2D eigenvalue weighted by molar-refractivity contribution is 0.487. The molecule has 1 nitrogen and oxygen atoms in total. The monoisotopic (exact) mass is 167 g/mol. The van der Waals surface area contributed by atoms with Gasteiger partial charge in [-0.25, -0.2) is 4.39 Å². The molecule has 0 aliphatic heterocycles. The van der Waals surface area contributed by atoms with Gasteiger partial charge in [0, 0.05) is 12.1 Å². The number of aromatic nitrogens is 1. The molecule has 1 rings (SSSR count). The topological polar surface area (TPSA) is 12.9 Å². The normalized spacial score (nSPS) is 13.4. The molecule has 66 valence electrons. The maximum absolute atomic E-state index is 13.1. The summed E-state index contributed by atoms with van der Waals surface area (Å²) in [5.74, 6) is 0.416. The van der Waals surface area contributed by atoms with Crippen molar-refractivity contribution in [2.24, 2.45) is 5.92 Å². The van der Waals surface area contributed by atoms with Crippen molar-refractivity contribution in [2.75, 3.05) is 0 Å². The van der Waals surface area contributed by atoms with E-state index in [9.17, 15) is 4.39 Å². The van der Waals surface area contributed by atoms with E-state index in [1.807, 2.05) is 6.92 Å². The maximum Gasteiger partial charge on any atom is 0.144 e. The predicted molar refractivity (Wildman–Crippen MR) is 47.4 cm³/mol. The number of nitrogens with zero attached hydrogens (tertiary/aromatic N) is 1. The minimum absolute atomic E-state index is 0.186. The SMILES string of the molecule is CC(C)[C@H](C)c1ncccc1F. The number of pyridine rings is 1. The van der Waals surface area contributed by atoms with E-state index in [2.05, 4.69) is 18.8 Å². The van der Waals surface area contributed by atoms with Gasteiger partial charge in [0.25, 0.3) is 0 Å². The van der Waals surface area contributed by atoms with Crippen molar-refractivity contribution >= 4 is 0 Å². The average molecular weight is 167 g/mol. The molecule has 0 aliphatic carbocycles. The predicted octanol–water partition coefficient (Wildman–Crippen LogP) is 2.98. The molecule has 1 atom stereocenters. The van der Waals surface area contributed by atoms with Crippen LogP contribution in [0.15, 0.2) is 18.3 Å². The molecule has 0 N–H and O–H groups in total. The van der Waals surface area contributed by atoms with Crippen LogP contribution >= 0.6 is 0 Å². The lowest BCUT2D eigenvalue weighted by Gasteiger charge is -2.14. The van der Waals surface area contributed by atoms with Crippen LogP contribution in [0.4, 0.5) is 4.39 Å². The standard InChI is InChI=1S/C10H14FN/c1-7(2)8(3)10-9(11)5-4-6-12-10/h4-8H,1-3H3/t8-/m0/s1. The first-order valence-corrected chi connectivity index (χ1v) is 4.23. The summed E-state index contributed by atoms with van der Waals surface area (Å²) in [5, 5.41) is 0. The van der Waals surface area contributed by atoms with Crippen molar-refractivity contribution in [3.63, 3.8) is 0 Å². The summed E-state index contributed by atoms with van der Waals surface area (Å²) in [6, 6.07) is 3.08. The fourth-order valence-corrected chi connectivity index (χ4v) is 1.05. The van der Waals surface area contributed by atoms with E-state index in [0.29, 0.717) is 11.6 Å². The van der Waals surface area contributed by atoms with Crippen LogP contribution in [0.25, 0.3) is 0 Å². The summed E-state index contributed by atoms with van der Waals surface area (Å²) >= 11 is 0. The van der Waals surface area contributed by atoms with Crippen molar-refractivity contribution in [3.05, 3.63) is 29.8 Å². The Morgan fingerprint density at radius 2 is 2.00 bits per heavy atom. The second-order valence-corrected chi connectivity index (χ2v) is 3.40. The highest BCUT2D eigenvalue weighted by Gasteiger charge is 2.14. The Morgan fingerprint density at radius 3 is 2.50 bits per heavy atom. The van der Waals surface area contributed by atoms with E-state index < -0.39 is 0 Å². The van der Waals surface area contributed by atoms with E-state index in [1.165, 1.54) is 6.07 Å². The molecule has 1 aromatic rings. The molecular formula is C10H14FN. The summed E-state index contributed by atoms with van der Waals surface area (Å²) in [6.07, 6.45) is 1.64. The summed E-state index contributed by atoms with van der Waals surface area (Å²) in [7, 11) is 0. The van der Waals surface area contributed by atoms with Crippen LogP contribution in [-0.4, -0.2) is 4.98 Å². The Bertz CT molecular complexity index is 258. The first-order chi connectivity index (χ1) is 5.63. The lowest BCUT2D eigenvalue weighted by atomic mass is 9.94. The number of halogens is 1. The van der Waals surface area contributed by atoms with Gasteiger partial charge in [-0.2, -0.15) is 0 Å². The van der Waals surface area contributed by atoms with Gasteiger partial charge >= 0.3 is 0 Å². The van der Waals surface area contributed by atoms with Gasteiger partial charge in [-0.1, -0.05) is 20.8 Å². The third-order valence-electron chi connectivity index (χ3n) is 2.22. The molecule has 0 aliphatic rings. The fraction of sp³-hybridized carbons (Fsp3) is 0.500. The molecule has 0 saturated heterocycles. The van der Waals surface area contributed by atoms with Crippen LogP contribution in [0, 0.1) is 11.7 Å². The summed E-state index contributed by atoms with van der Waals surface area (Å²) < 4.78 is 13.1. The van der Waals surface area contributed by atoms with Gasteiger partial charge in [0.05, 0.1) is 5.69 Å². The molecule has 1 aromatic heterocycles. The highest BCUT2D eigenvalue weighted by atomic mass is 19.1. The highest BCUT2D eigenvalue weighted by Crippen LogP contribution is 2.23. The van der Waals surface area contributed by atoms with Crippen LogP contribution in [0.5, 0.6) is 0 Å². The molecule has 0 fully saturated rings. The molecule has 0 spiro atoms. The van der Waals surface area contributed by atoms with E-state index >= 15 is 0 Å². The Labute approximate surface area is 72.6 Å². The summed E-state index contributed by atoms with van der Waals surface area (Å²) in [6.45, 7) is 6.13. The molecule has 0 radical (unpaired) electrons. The maximum atomic E-state index is 13.1. The second-order valence-electron chi connectivity index (χ2n) is 3.40. The van der Waals surface area contributed by atoms with E-state index in [1.54, 1.807) is 12.3 Å². The molecule has 0 amide bonds. The van der Waals surface area contributed by atoms with Crippen LogP contribution in [0.1, 0.15) is 32.4 Å². The zero-order valence-electron chi connectivity index (χ0n) is 7.71. The van der Waals surface area contributed by atoms with Crippen LogP contribution in [0.3, 0.4) is 0 Å². The molecular weight excluding hydrogens is 153 g/mol. The second kappa shape index (κ2) is 3.65. The first kappa shape index (κ1) is 9.17. The Balaban J connectivity index is 2.94. The van der Waals surface area contributed by atoms with Gasteiger partial charge in [0.1, 0.15) is 5.82 Å². The minimum atomic E-state index is -0.196. The third kappa shape index (κ3) is 1.81. The van der Waals surface area contributed by atoms with Crippen molar-refractivity contribution in [3.8, 4) is 0 Å².